The van der Waals surface area contributed by atoms with E-state index in [4.69, 9.17) is 14.0 Å². The van der Waals surface area contributed by atoms with Crippen molar-refractivity contribution in [2.45, 2.75) is 51.6 Å². The molecule has 1 atom stereocenters. The lowest BCUT2D eigenvalue weighted by atomic mass is 9.93. The first-order valence-electron chi connectivity index (χ1n) is 13.0. The van der Waals surface area contributed by atoms with Gasteiger partial charge in [-0.3, -0.25) is 9.59 Å². The fraction of sp³-hybridized carbons (Fsp3) is 0.281. The summed E-state index contributed by atoms with van der Waals surface area (Å²) >= 11 is 0. The summed E-state index contributed by atoms with van der Waals surface area (Å²) in [4.78, 5) is 25.1. The van der Waals surface area contributed by atoms with E-state index in [1.54, 1.807) is 0 Å². The maximum Gasteiger partial charge on any atom is 0.316 e. The number of nitrogens with zero attached hydrogens (tertiary/aromatic N) is 1. The molecule has 1 saturated carbocycles. The number of esters is 2. The molecule has 0 bridgehead atoms. The molecule has 0 amide bonds. The van der Waals surface area contributed by atoms with E-state index in [1.165, 1.54) is 0 Å². The third-order valence-electron chi connectivity index (χ3n) is 7.22. The Morgan fingerprint density at radius 3 is 2.13 bits per heavy atom. The van der Waals surface area contributed by atoms with Crippen molar-refractivity contribution in [3.05, 3.63) is 101 Å². The van der Waals surface area contributed by atoms with Crippen LogP contribution in [0.25, 0.3) is 22.5 Å². The maximum atomic E-state index is 12.7. The maximum absolute atomic E-state index is 12.7. The van der Waals surface area contributed by atoms with Crippen LogP contribution in [-0.2, 0) is 30.9 Å². The second-order valence-corrected chi connectivity index (χ2v) is 9.75. The Bertz CT molecular complexity index is 1420. The molecule has 1 fully saturated rings. The zero-order chi connectivity index (χ0) is 26.7. The van der Waals surface area contributed by atoms with Gasteiger partial charge in [-0.25, -0.2) is 0 Å². The van der Waals surface area contributed by atoms with Gasteiger partial charge in [0.15, 0.2) is 5.76 Å². The predicted molar refractivity (Wildman–Crippen MR) is 144 cm³/mol. The second kappa shape index (κ2) is 10.7. The van der Waals surface area contributed by atoms with E-state index in [9.17, 15) is 9.59 Å². The van der Waals surface area contributed by atoms with Gasteiger partial charge in [0.25, 0.3) is 0 Å². The van der Waals surface area contributed by atoms with Crippen LogP contribution in [0.3, 0.4) is 0 Å². The number of hydrogen-bond donors (Lipinski definition) is 0. The molecule has 38 heavy (non-hydrogen) atoms. The summed E-state index contributed by atoms with van der Waals surface area (Å²) in [5.74, 6) is 0.106. The lowest BCUT2D eigenvalue weighted by Gasteiger charge is -2.15. The fourth-order valence-electron chi connectivity index (χ4n) is 4.80. The first-order chi connectivity index (χ1) is 18.4. The second-order valence-electron chi connectivity index (χ2n) is 9.75. The molecule has 1 aliphatic carbocycles. The van der Waals surface area contributed by atoms with Crippen molar-refractivity contribution in [1.82, 2.24) is 5.16 Å². The number of ether oxygens (including phenoxy) is 2. The Hall–Kier alpha value is -4.19. The zero-order valence-corrected chi connectivity index (χ0v) is 21.9. The SMILES string of the molecule is CCOC(=O)C1(c2ccc(-c3ccc(-c4onc(C)c4CC(=O)O[C@@H](C)c4ccccc4)cc3)cc2)CC1. The van der Waals surface area contributed by atoms with Crippen molar-refractivity contribution >= 4 is 11.9 Å². The number of carbonyl (C=O) groups is 2. The summed E-state index contributed by atoms with van der Waals surface area (Å²) in [5.41, 5.74) is 5.79. The molecule has 6 heteroatoms. The molecule has 5 rings (SSSR count). The number of rotatable bonds is 9. The Kier molecular flexibility index (Phi) is 7.14. The van der Waals surface area contributed by atoms with Crippen LogP contribution in [0.15, 0.2) is 83.4 Å². The number of hydrogen-bond acceptors (Lipinski definition) is 6. The van der Waals surface area contributed by atoms with Crippen LogP contribution < -0.4 is 0 Å². The van der Waals surface area contributed by atoms with Gasteiger partial charge in [0.2, 0.25) is 0 Å². The van der Waals surface area contributed by atoms with Gasteiger partial charge in [-0.05, 0) is 55.9 Å². The highest BCUT2D eigenvalue weighted by atomic mass is 16.5. The molecule has 6 nitrogen and oxygen atoms in total. The molecule has 1 aliphatic rings. The lowest BCUT2D eigenvalue weighted by Crippen LogP contribution is -2.23. The number of benzene rings is 3. The first kappa shape index (κ1) is 25.5. The molecule has 0 N–H and O–H groups in total. The normalized spacial score (nSPS) is 14.5. The minimum Gasteiger partial charge on any atom is -0.465 e. The smallest absolute Gasteiger partial charge is 0.316 e. The lowest BCUT2D eigenvalue weighted by molar-refractivity contribution is -0.148. The summed E-state index contributed by atoms with van der Waals surface area (Å²) in [6, 6.07) is 25.7. The van der Waals surface area contributed by atoms with Crippen molar-refractivity contribution in [1.29, 1.82) is 0 Å². The molecule has 0 spiro atoms. The van der Waals surface area contributed by atoms with Crippen LogP contribution in [-0.4, -0.2) is 23.7 Å². The highest BCUT2D eigenvalue weighted by Gasteiger charge is 2.52. The van der Waals surface area contributed by atoms with E-state index in [2.05, 4.69) is 5.16 Å². The third kappa shape index (κ3) is 5.12. The van der Waals surface area contributed by atoms with Gasteiger partial charge in [-0.2, -0.15) is 0 Å². The summed E-state index contributed by atoms with van der Waals surface area (Å²) < 4.78 is 16.6. The third-order valence-corrected chi connectivity index (χ3v) is 7.22. The molecule has 0 radical (unpaired) electrons. The average molecular weight is 510 g/mol. The van der Waals surface area contributed by atoms with Crippen molar-refractivity contribution in [3.8, 4) is 22.5 Å². The number of carbonyl (C=O) groups excluding carboxylic acids is 2. The molecule has 1 heterocycles. The van der Waals surface area contributed by atoms with E-state index in [0.29, 0.717) is 18.1 Å². The van der Waals surface area contributed by atoms with Crippen LogP contribution in [0, 0.1) is 6.92 Å². The Balaban J connectivity index is 1.29. The standard InChI is InChI=1S/C32H31NO5/c1-4-36-31(35)32(18-19-32)27-16-14-25(15-17-27)24-10-12-26(13-11-24)30-28(21(2)33-38-30)20-29(34)37-22(3)23-8-6-5-7-9-23/h5-17,22H,4,18-20H2,1-3H3/t22-/m0/s1. The Morgan fingerprint density at radius 2 is 1.53 bits per heavy atom. The van der Waals surface area contributed by atoms with Crippen LogP contribution in [0.5, 0.6) is 0 Å². The molecule has 1 aromatic heterocycles. The topological polar surface area (TPSA) is 78.6 Å². The largest absolute Gasteiger partial charge is 0.465 e. The molecular weight excluding hydrogens is 478 g/mol. The van der Waals surface area contributed by atoms with Crippen LogP contribution >= 0.6 is 0 Å². The van der Waals surface area contributed by atoms with Crippen LogP contribution in [0.1, 0.15) is 55.2 Å². The number of aryl methyl sites for hydroxylation is 1. The predicted octanol–water partition coefficient (Wildman–Crippen LogP) is 6.76. The Labute approximate surface area is 222 Å². The zero-order valence-electron chi connectivity index (χ0n) is 21.9. The highest BCUT2D eigenvalue weighted by molar-refractivity contribution is 5.87. The van der Waals surface area contributed by atoms with Crippen molar-refractivity contribution in [3.63, 3.8) is 0 Å². The fourth-order valence-corrected chi connectivity index (χ4v) is 4.80. The molecule has 194 valence electrons. The van der Waals surface area contributed by atoms with Crippen molar-refractivity contribution in [2.24, 2.45) is 0 Å². The minimum absolute atomic E-state index is 0.0767. The highest BCUT2D eigenvalue weighted by Crippen LogP contribution is 2.49. The van der Waals surface area contributed by atoms with Crippen LogP contribution in [0.4, 0.5) is 0 Å². The molecule has 0 saturated heterocycles. The van der Waals surface area contributed by atoms with E-state index in [0.717, 1.165) is 46.2 Å². The number of aromatic nitrogens is 1. The summed E-state index contributed by atoms with van der Waals surface area (Å²) in [6.45, 7) is 5.92. The summed E-state index contributed by atoms with van der Waals surface area (Å²) in [5, 5.41) is 4.11. The monoisotopic (exact) mass is 509 g/mol. The van der Waals surface area contributed by atoms with E-state index in [-0.39, 0.29) is 24.5 Å². The van der Waals surface area contributed by atoms with Crippen molar-refractivity contribution in [2.75, 3.05) is 6.61 Å². The van der Waals surface area contributed by atoms with Gasteiger partial charge < -0.3 is 14.0 Å². The average Bonchev–Trinajstić information content (AvgIpc) is 3.68. The van der Waals surface area contributed by atoms with Crippen molar-refractivity contribution < 1.29 is 23.6 Å². The Morgan fingerprint density at radius 1 is 0.921 bits per heavy atom. The van der Waals surface area contributed by atoms with Gasteiger partial charge in [0.1, 0.15) is 6.10 Å². The van der Waals surface area contributed by atoms with Gasteiger partial charge in [0.05, 0.1) is 24.1 Å². The summed E-state index contributed by atoms with van der Waals surface area (Å²) in [7, 11) is 0. The van der Waals surface area contributed by atoms with Crippen LogP contribution in [0.2, 0.25) is 0 Å². The minimum atomic E-state index is -0.473. The quantitative estimate of drug-likeness (QED) is 0.232. The van der Waals surface area contributed by atoms with E-state index in [1.807, 2.05) is 99.6 Å². The van der Waals surface area contributed by atoms with E-state index < -0.39 is 5.41 Å². The molecule has 4 aromatic rings. The van der Waals surface area contributed by atoms with E-state index >= 15 is 0 Å². The van der Waals surface area contributed by atoms with Gasteiger partial charge in [-0.15, -0.1) is 0 Å². The molecular formula is C32H31NO5. The first-order valence-corrected chi connectivity index (χ1v) is 13.0. The van der Waals surface area contributed by atoms with Gasteiger partial charge in [-0.1, -0.05) is 84.0 Å². The van der Waals surface area contributed by atoms with Gasteiger partial charge in [0, 0.05) is 11.1 Å². The van der Waals surface area contributed by atoms with Gasteiger partial charge >= 0.3 is 11.9 Å². The molecule has 3 aromatic carbocycles. The summed E-state index contributed by atoms with van der Waals surface area (Å²) in [6.07, 6.45) is 1.40. The molecule has 0 aliphatic heterocycles. The molecule has 0 unspecified atom stereocenters.